The number of hydrogen-bond acceptors (Lipinski definition) is 2. The molecule has 108 valence electrons. The van der Waals surface area contributed by atoms with Gasteiger partial charge in [0.2, 0.25) is 0 Å². The van der Waals surface area contributed by atoms with Gasteiger partial charge in [-0.25, -0.2) is 0 Å². The third kappa shape index (κ3) is 2.71. The molecule has 2 heterocycles. The molecule has 1 aliphatic heterocycles. The van der Waals surface area contributed by atoms with Gasteiger partial charge < -0.3 is 14.6 Å². The summed E-state index contributed by atoms with van der Waals surface area (Å²) in [5.74, 6) is 0. The van der Waals surface area contributed by atoms with Crippen molar-refractivity contribution in [3.63, 3.8) is 0 Å². The first kappa shape index (κ1) is 13.9. The maximum atomic E-state index is 6.16. The van der Waals surface area contributed by atoms with E-state index in [4.69, 9.17) is 16.3 Å². The second-order valence-corrected chi connectivity index (χ2v) is 6.08. The van der Waals surface area contributed by atoms with Gasteiger partial charge in [-0.05, 0) is 44.5 Å². The Morgan fingerprint density at radius 3 is 2.95 bits per heavy atom. The van der Waals surface area contributed by atoms with Gasteiger partial charge in [0.15, 0.2) is 0 Å². The van der Waals surface area contributed by atoms with Crippen LogP contribution in [0, 0.1) is 0 Å². The van der Waals surface area contributed by atoms with Gasteiger partial charge >= 0.3 is 0 Å². The average molecular weight is 293 g/mol. The van der Waals surface area contributed by atoms with Crippen molar-refractivity contribution in [3.05, 3.63) is 35.0 Å². The molecule has 1 aromatic heterocycles. The first-order valence-corrected chi connectivity index (χ1v) is 7.62. The summed E-state index contributed by atoms with van der Waals surface area (Å²) in [6.07, 6.45) is 5.24. The van der Waals surface area contributed by atoms with Crippen LogP contribution in [-0.4, -0.2) is 23.8 Å². The Morgan fingerprint density at radius 1 is 1.40 bits per heavy atom. The molecule has 3 nitrogen and oxygen atoms in total. The molecule has 2 aromatic rings. The Morgan fingerprint density at radius 2 is 2.25 bits per heavy atom. The van der Waals surface area contributed by atoms with Crippen molar-refractivity contribution in [2.75, 3.05) is 7.05 Å². The zero-order valence-corrected chi connectivity index (χ0v) is 12.8. The Bertz CT molecular complexity index is 608. The van der Waals surface area contributed by atoms with Crippen molar-refractivity contribution in [2.45, 2.75) is 45.1 Å². The molecule has 0 bridgehead atoms. The lowest BCUT2D eigenvalue weighted by atomic mass is 10.2. The smallest absolute Gasteiger partial charge is 0.0758 e. The van der Waals surface area contributed by atoms with Crippen molar-refractivity contribution in [1.82, 2.24) is 9.88 Å². The normalized spacial score (nSPS) is 22.8. The highest BCUT2D eigenvalue weighted by atomic mass is 35.5. The second kappa shape index (κ2) is 5.76. The van der Waals surface area contributed by atoms with Crippen molar-refractivity contribution in [1.29, 1.82) is 0 Å². The molecule has 3 rings (SSSR count). The van der Waals surface area contributed by atoms with Gasteiger partial charge in [0, 0.05) is 35.2 Å². The van der Waals surface area contributed by atoms with E-state index in [0.717, 1.165) is 31.0 Å². The lowest BCUT2D eigenvalue weighted by Gasteiger charge is -2.13. The summed E-state index contributed by atoms with van der Waals surface area (Å²) in [4.78, 5) is 0. The van der Waals surface area contributed by atoms with E-state index in [1.54, 1.807) is 0 Å². The third-order valence-electron chi connectivity index (χ3n) is 4.01. The molecular weight excluding hydrogens is 272 g/mol. The number of nitrogens with zero attached hydrogens (tertiary/aromatic N) is 1. The van der Waals surface area contributed by atoms with Crippen LogP contribution < -0.4 is 5.32 Å². The van der Waals surface area contributed by atoms with Crippen LogP contribution in [-0.2, 0) is 17.8 Å². The Kier molecular flexibility index (Phi) is 4.01. The van der Waals surface area contributed by atoms with E-state index in [1.807, 2.05) is 13.1 Å². The number of halogens is 1. The fourth-order valence-electron chi connectivity index (χ4n) is 3.06. The first-order valence-electron chi connectivity index (χ1n) is 7.24. The predicted octanol–water partition coefficient (Wildman–Crippen LogP) is 3.58. The highest BCUT2D eigenvalue weighted by Crippen LogP contribution is 2.27. The second-order valence-electron chi connectivity index (χ2n) is 5.64. The van der Waals surface area contributed by atoms with Crippen molar-refractivity contribution < 1.29 is 4.74 Å². The van der Waals surface area contributed by atoms with Crippen LogP contribution in [0.3, 0.4) is 0 Å². The van der Waals surface area contributed by atoms with E-state index in [1.165, 1.54) is 16.5 Å². The summed E-state index contributed by atoms with van der Waals surface area (Å²) >= 11 is 6.16. The lowest BCUT2D eigenvalue weighted by Crippen LogP contribution is -2.16. The van der Waals surface area contributed by atoms with Crippen LogP contribution in [0.25, 0.3) is 10.9 Å². The molecular formula is C16H21ClN2O. The molecule has 2 unspecified atom stereocenters. The summed E-state index contributed by atoms with van der Waals surface area (Å²) < 4.78 is 8.23. The third-order valence-corrected chi connectivity index (χ3v) is 4.25. The van der Waals surface area contributed by atoms with Gasteiger partial charge in [0.1, 0.15) is 0 Å². The minimum atomic E-state index is 0.321. The molecule has 1 fully saturated rings. The monoisotopic (exact) mass is 292 g/mol. The average Bonchev–Trinajstić information content (AvgIpc) is 2.96. The molecule has 1 N–H and O–H groups in total. The predicted molar refractivity (Wildman–Crippen MR) is 83.3 cm³/mol. The van der Waals surface area contributed by atoms with E-state index < -0.39 is 0 Å². The van der Waals surface area contributed by atoms with Crippen LogP contribution in [0.4, 0.5) is 0 Å². The van der Waals surface area contributed by atoms with Gasteiger partial charge in [-0.2, -0.15) is 0 Å². The van der Waals surface area contributed by atoms with Gasteiger partial charge in [0.05, 0.1) is 12.2 Å². The number of benzene rings is 1. The molecule has 0 spiro atoms. The summed E-state index contributed by atoms with van der Waals surface area (Å²) in [5.41, 5.74) is 2.51. The molecule has 0 saturated carbocycles. The number of rotatable bonds is 4. The SMILES string of the molecule is CNCc1cn(CC2CCC(C)O2)c2cc(Cl)ccc12. The summed E-state index contributed by atoms with van der Waals surface area (Å²) in [6, 6.07) is 6.12. The van der Waals surface area contributed by atoms with Crippen LogP contribution in [0.1, 0.15) is 25.3 Å². The van der Waals surface area contributed by atoms with Gasteiger partial charge in [0.25, 0.3) is 0 Å². The molecule has 2 atom stereocenters. The van der Waals surface area contributed by atoms with Crippen LogP contribution in [0.5, 0.6) is 0 Å². The maximum Gasteiger partial charge on any atom is 0.0758 e. The van der Waals surface area contributed by atoms with E-state index in [0.29, 0.717) is 12.2 Å². The van der Waals surface area contributed by atoms with Crippen LogP contribution >= 0.6 is 11.6 Å². The van der Waals surface area contributed by atoms with Crippen molar-refractivity contribution in [2.24, 2.45) is 0 Å². The van der Waals surface area contributed by atoms with Crippen molar-refractivity contribution >= 4 is 22.5 Å². The summed E-state index contributed by atoms with van der Waals surface area (Å²) in [7, 11) is 1.97. The number of ether oxygens (including phenoxy) is 1. The minimum Gasteiger partial charge on any atom is -0.373 e. The molecule has 0 radical (unpaired) electrons. The Hall–Kier alpha value is -1.03. The van der Waals surface area contributed by atoms with Crippen LogP contribution in [0.15, 0.2) is 24.4 Å². The topological polar surface area (TPSA) is 26.2 Å². The molecule has 0 aliphatic carbocycles. The lowest BCUT2D eigenvalue weighted by molar-refractivity contribution is 0.0465. The first-order chi connectivity index (χ1) is 9.67. The zero-order valence-electron chi connectivity index (χ0n) is 12.0. The number of fused-ring (bicyclic) bond motifs is 1. The molecule has 4 heteroatoms. The van der Waals surface area contributed by atoms with Gasteiger partial charge in [-0.3, -0.25) is 0 Å². The molecule has 1 saturated heterocycles. The van der Waals surface area contributed by atoms with E-state index in [-0.39, 0.29) is 0 Å². The number of aromatic nitrogens is 1. The molecule has 1 aliphatic rings. The fraction of sp³-hybridized carbons (Fsp3) is 0.500. The van der Waals surface area contributed by atoms with E-state index in [2.05, 4.69) is 35.1 Å². The minimum absolute atomic E-state index is 0.321. The molecule has 20 heavy (non-hydrogen) atoms. The Balaban J connectivity index is 1.94. The van der Waals surface area contributed by atoms with E-state index >= 15 is 0 Å². The molecule has 1 aromatic carbocycles. The molecule has 0 amide bonds. The highest BCUT2D eigenvalue weighted by Gasteiger charge is 2.22. The number of nitrogens with one attached hydrogen (secondary N) is 1. The highest BCUT2D eigenvalue weighted by molar-refractivity contribution is 6.31. The zero-order chi connectivity index (χ0) is 14.1. The van der Waals surface area contributed by atoms with Gasteiger partial charge in [-0.15, -0.1) is 0 Å². The van der Waals surface area contributed by atoms with Gasteiger partial charge in [-0.1, -0.05) is 17.7 Å². The largest absolute Gasteiger partial charge is 0.373 e. The fourth-order valence-corrected chi connectivity index (χ4v) is 3.23. The maximum absolute atomic E-state index is 6.16. The quantitative estimate of drug-likeness (QED) is 0.932. The standard InChI is InChI=1S/C16H21ClN2O/c1-11-3-5-14(20-11)10-19-9-12(8-18-2)15-6-4-13(17)7-16(15)19/h4,6-7,9,11,14,18H,3,5,8,10H2,1-2H3. The van der Waals surface area contributed by atoms with Crippen molar-refractivity contribution in [3.8, 4) is 0 Å². The van der Waals surface area contributed by atoms with E-state index in [9.17, 15) is 0 Å². The Labute approximate surface area is 124 Å². The summed E-state index contributed by atoms with van der Waals surface area (Å²) in [6.45, 7) is 3.93. The summed E-state index contributed by atoms with van der Waals surface area (Å²) in [5, 5.41) is 5.29. The van der Waals surface area contributed by atoms with Crippen LogP contribution in [0.2, 0.25) is 5.02 Å². The number of hydrogen-bond donors (Lipinski definition) is 1.